The summed E-state index contributed by atoms with van der Waals surface area (Å²) in [7, 11) is 0. The second-order valence-corrected chi connectivity index (χ2v) is 6.52. The van der Waals surface area contributed by atoms with Crippen molar-refractivity contribution in [3.05, 3.63) is 59.1 Å². The fraction of sp³-hybridized carbons (Fsp3) is 0.263. The highest BCUT2D eigenvalue weighted by Crippen LogP contribution is 2.25. The topological polar surface area (TPSA) is 69.6 Å². The zero-order valence-electron chi connectivity index (χ0n) is 13.6. The maximum Gasteiger partial charge on any atom is 0.253 e. The highest BCUT2D eigenvalue weighted by Gasteiger charge is 2.28. The van der Waals surface area contributed by atoms with E-state index >= 15 is 0 Å². The van der Waals surface area contributed by atoms with E-state index in [1.165, 1.54) is 6.07 Å². The largest absolute Gasteiger partial charge is 0.506 e. The fourth-order valence-corrected chi connectivity index (χ4v) is 3.06. The van der Waals surface area contributed by atoms with Crippen molar-refractivity contribution in [2.24, 2.45) is 5.92 Å². The van der Waals surface area contributed by atoms with Gasteiger partial charge in [-0.05, 0) is 49.2 Å². The van der Waals surface area contributed by atoms with Crippen molar-refractivity contribution in [3.8, 4) is 5.75 Å². The van der Waals surface area contributed by atoms with Crippen LogP contribution in [0.5, 0.6) is 5.75 Å². The number of phenols is 1. The number of carbonyl (C=O) groups is 2. The molecule has 6 heteroatoms. The normalized spacial score (nSPS) is 15.0. The summed E-state index contributed by atoms with van der Waals surface area (Å²) in [5.41, 5.74) is 1.01. The number of hydrogen-bond acceptors (Lipinski definition) is 3. The van der Waals surface area contributed by atoms with Crippen molar-refractivity contribution < 1.29 is 14.7 Å². The molecule has 0 radical (unpaired) electrons. The van der Waals surface area contributed by atoms with Gasteiger partial charge in [-0.15, -0.1) is 0 Å². The summed E-state index contributed by atoms with van der Waals surface area (Å²) in [5, 5.41) is 13.1. The first-order chi connectivity index (χ1) is 12.0. The summed E-state index contributed by atoms with van der Waals surface area (Å²) in [4.78, 5) is 26.6. The molecule has 2 aromatic rings. The van der Waals surface area contributed by atoms with E-state index < -0.39 is 0 Å². The number of piperidine rings is 1. The molecule has 2 aromatic carbocycles. The zero-order chi connectivity index (χ0) is 17.8. The van der Waals surface area contributed by atoms with Crippen LogP contribution in [-0.2, 0) is 4.79 Å². The van der Waals surface area contributed by atoms with Gasteiger partial charge in [-0.3, -0.25) is 9.59 Å². The summed E-state index contributed by atoms with van der Waals surface area (Å²) in [6.07, 6.45) is 1.19. The number of benzene rings is 2. The van der Waals surface area contributed by atoms with Gasteiger partial charge in [-0.2, -0.15) is 0 Å². The van der Waals surface area contributed by atoms with Crippen LogP contribution in [0.25, 0.3) is 0 Å². The Balaban J connectivity index is 1.56. The van der Waals surface area contributed by atoms with Crippen LogP contribution >= 0.6 is 11.6 Å². The average Bonchev–Trinajstić information content (AvgIpc) is 2.64. The van der Waals surface area contributed by atoms with Crippen LogP contribution in [0.1, 0.15) is 23.2 Å². The van der Waals surface area contributed by atoms with E-state index in [-0.39, 0.29) is 23.5 Å². The van der Waals surface area contributed by atoms with E-state index in [0.29, 0.717) is 42.2 Å². The standard InChI is InChI=1S/C19H19ClN2O3/c20-15-7-5-14(6-8-15)19(25)22-11-9-13(10-12-22)18(24)21-16-3-1-2-4-17(16)23/h1-8,13,23H,9-12H2,(H,21,24). The third kappa shape index (κ3) is 4.12. The van der Waals surface area contributed by atoms with Gasteiger partial charge in [0.05, 0.1) is 5.69 Å². The Labute approximate surface area is 151 Å². The Morgan fingerprint density at radius 2 is 1.68 bits per heavy atom. The smallest absolute Gasteiger partial charge is 0.253 e. The maximum absolute atomic E-state index is 12.5. The maximum atomic E-state index is 12.5. The monoisotopic (exact) mass is 358 g/mol. The first-order valence-electron chi connectivity index (χ1n) is 8.18. The van der Waals surface area contributed by atoms with Gasteiger partial charge in [-0.1, -0.05) is 23.7 Å². The molecule has 1 aliphatic heterocycles. The molecule has 3 rings (SSSR count). The van der Waals surface area contributed by atoms with E-state index in [1.54, 1.807) is 47.4 Å². The first-order valence-corrected chi connectivity index (χ1v) is 8.56. The lowest BCUT2D eigenvalue weighted by molar-refractivity contribution is -0.121. The Hall–Kier alpha value is -2.53. The molecule has 2 amide bonds. The molecule has 1 saturated heterocycles. The van der Waals surface area contributed by atoms with Crippen LogP contribution in [0.2, 0.25) is 5.02 Å². The van der Waals surface area contributed by atoms with Gasteiger partial charge < -0.3 is 15.3 Å². The molecule has 5 nitrogen and oxygen atoms in total. The number of amides is 2. The average molecular weight is 359 g/mol. The van der Waals surface area contributed by atoms with E-state index in [0.717, 1.165) is 0 Å². The number of carbonyl (C=O) groups excluding carboxylic acids is 2. The Morgan fingerprint density at radius 1 is 1.04 bits per heavy atom. The number of anilines is 1. The number of phenolic OH excluding ortho intramolecular Hbond substituents is 1. The summed E-state index contributed by atoms with van der Waals surface area (Å²) in [6, 6.07) is 13.5. The molecule has 130 valence electrons. The minimum absolute atomic E-state index is 0.0452. The first kappa shape index (κ1) is 17.3. The molecule has 0 unspecified atom stereocenters. The van der Waals surface area contributed by atoms with E-state index in [2.05, 4.69) is 5.32 Å². The second kappa shape index (κ2) is 7.57. The summed E-state index contributed by atoms with van der Waals surface area (Å²) >= 11 is 5.85. The van der Waals surface area contributed by atoms with Crippen molar-refractivity contribution in [3.63, 3.8) is 0 Å². The SMILES string of the molecule is O=C(Nc1ccccc1O)C1CCN(C(=O)c2ccc(Cl)cc2)CC1. The molecule has 1 aliphatic rings. The van der Waals surface area contributed by atoms with Crippen molar-refractivity contribution >= 4 is 29.1 Å². The number of likely N-dealkylation sites (tertiary alicyclic amines) is 1. The fourth-order valence-electron chi connectivity index (χ4n) is 2.93. The molecular weight excluding hydrogens is 340 g/mol. The number of rotatable bonds is 3. The molecule has 0 aromatic heterocycles. The zero-order valence-corrected chi connectivity index (χ0v) is 14.4. The van der Waals surface area contributed by atoms with Crippen LogP contribution < -0.4 is 5.32 Å². The molecular formula is C19H19ClN2O3. The number of hydrogen-bond donors (Lipinski definition) is 2. The van der Waals surface area contributed by atoms with E-state index in [1.807, 2.05) is 0 Å². The van der Waals surface area contributed by atoms with Gasteiger partial charge in [0.15, 0.2) is 0 Å². The Morgan fingerprint density at radius 3 is 2.32 bits per heavy atom. The van der Waals surface area contributed by atoms with Crippen molar-refractivity contribution in [2.75, 3.05) is 18.4 Å². The summed E-state index contributed by atoms with van der Waals surface area (Å²) < 4.78 is 0. The third-order valence-electron chi connectivity index (χ3n) is 4.41. The van der Waals surface area contributed by atoms with E-state index in [4.69, 9.17) is 11.6 Å². The van der Waals surface area contributed by atoms with Gasteiger partial charge in [0, 0.05) is 29.6 Å². The number of nitrogens with zero attached hydrogens (tertiary/aromatic N) is 1. The van der Waals surface area contributed by atoms with Crippen LogP contribution in [0.15, 0.2) is 48.5 Å². The summed E-state index contributed by atoms with van der Waals surface area (Å²) in [6.45, 7) is 1.06. The van der Waals surface area contributed by atoms with Gasteiger partial charge >= 0.3 is 0 Å². The molecule has 0 aliphatic carbocycles. The van der Waals surface area contributed by atoms with Crippen LogP contribution in [0, 0.1) is 5.92 Å². The van der Waals surface area contributed by atoms with Crippen LogP contribution in [-0.4, -0.2) is 34.9 Å². The van der Waals surface area contributed by atoms with Crippen LogP contribution in [0.3, 0.4) is 0 Å². The lowest BCUT2D eigenvalue weighted by Gasteiger charge is -2.31. The molecule has 1 fully saturated rings. The quantitative estimate of drug-likeness (QED) is 0.824. The summed E-state index contributed by atoms with van der Waals surface area (Å²) in [5.74, 6) is -0.295. The van der Waals surface area contributed by atoms with Gasteiger partial charge in [-0.25, -0.2) is 0 Å². The number of para-hydroxylation sites is 2. The predicted molar refractivity (Wildman–Crippen MR) is 96.8 cm³/mol. The minimum Gasteiger partial charge on any atom is -0.506 e. The van der Waals surface area contributed by atoms with Crippen molar-refractivity contribution in [2.45, 2.75) is 12.8 Å². The molecule has 0 bridgehead atoms. The molecule has 2 N–H and O–H groups in total. The molecule has 0 atom stereocenters. The predicted octanol–water partition coefficient (Wildman–Crippen LogP) is 3.54. The van der Waals surface area contributed by atoms with Gasteiger partial charge in [0.25, 0.3) is 5.91 Å². The van der Waals surface area contributed by atoms with Gasteiger partial charge in [0.2, 0.25) is 5.91 Å². The molecule has 25 heavy (non-hydrogen) atoms. The van der Waals surface area contributed by atoms with Crippen molar-refractivity contribution in [1.29, 1.82) is 0 Å². The molecule has 1 heterocycles. The highest BCUT2D eigenvalue weighted by atomic mass is 35.5. The second-order valence-electron chi connectivity index (χ2n) is 6.08. The minimum atomic E-state index is -0.172. The van der Waals surface area contributed by atoms with Gasteiger partial charge in [0.1, 0.15) is 5.75 Å². The number of aromatic hydroxyl groups is 1. The third-order valence-corrected chi connectivity index (χ3v) is 4.66. The number of halogens is 1. The molecule has 0 spiro atoms. The van der Waals surface area contributed by atoms with E-state index in [9.17, 15) is 14.7 Å². The molecule has 0 saturated carbocycles. The Bertz CT molecular complexity index is 768. The highest BCUT2D eigenvalue weighted by molar-refractivity contribution is 6.30. The lowest BCUT2D eigenvalue weighted by Crippen LogP contribution is -2.41. The van der Waals surface area contributed by atoms with Crippen LogP contribution in [0.4, 0.5) is 5.69 Å². The lowest BCUT2D eigenvalue weighted by atomic mass is 9.95. The van der Waals surface area contributed by atoms with Crippen molar-refractivity contribution in [1.82, 2.24) is 4.90 Å². The Kier molecular flexibility index (Phi) is 5.24. The number of nitrogens with one attached hydrogen (secondary N) is 1.